The number of hydroxylamine groups is 2. The molecule has 55 heavy (non-hydrogen) atoms. The number of ketones is 2. The molecule has 5 rings (SSSR count). The lowest BCUT2D eigenvalue weighted by atomic mass is 9.74. The number of hydrogen-bond donors (Lipinski definition) is 4. The summed E-state index contributed by atoms with van der Waals surface area (Å²) < 4.78 is 49.2. The Morgan fingerprint density at radius 2 is 1.95 bits per heavy atom. The summed E-state index contributed by atoms with van der Waals surface area (Å²) in [6.07, 6.45) is -0.802. The van der Waals surface area contributed by atoms with E-state index in [2.05, 4.69) is 30.4 Å². The molecule has 2 aromatic heterocycles. The van der Waals surface area contributed by atoms with Crippen LogP contribution >= 0.6 is 22.9 Å². The van der Waals surface area contributed by atoms with Crippen LogP contribution in [0.15, 0.2) is 35.6 Å². The van der Waals surface area contributed by atoms with Crippen molar-refractivity contribution >= 4 is 84.3 Å². The maximum absolute atomic E-state index is 13.9. The number of hydrogen-bond acceptors (Lipinski definition) is 15. The van der Waals surface area contributed by atoms with E-state index in [1.807, 2.05) is 36.0 Å². The number of Topliss-reactive ketones (excluding diaryl/α,β-unsaturated/α-hetero) is 2. The SMILES string of the molecule is CC(=O)[C@H](COc1ccc2c(NCC3CNC3)[n+](C)ccc2c1)O/N=C(\C(=O)C[C@@H]1C(=O)N(OS(=O)(=O)O)C1(C)C)c1nc(NC(=O)OC(C)(C)C)sc1Cl. The number of nitrogens with one attached hydrogen (secondary N) is 3. The van der Waals surface area contributed by atoms with Crippen LogP contribution in [-0.4, -0.2) is 95.8 Å². The van der Waals surface area contributed by atoms with Crippen LogP contribution in [0.5, 0.6) is 5.75 Å². The number of benzene rings is 1. The molecule has 0 unspecified atom stereocenters. The minimum absolute atomic E-state index is 0.0581. The highest BCUT2D eigenvalue weighted by atomic mass is 35.5. The Morgan fingerprint density at radius 3 is 2.55 bits per heavy atom. The lowest BCUT2D eigenvalue weighted by Gasteiger charge is -2.50. The van der Waals surface area contributed by atoms with Gasteiger partial charge in [0, 0.05) is 25.4 Å². The number of β-lactam (4-membered cyclic amide) rings is 1. The van der Waals surface area contributed by atoms with Gasteiger partial charge in [-0.1, -0.05) is 28.1 Å². The van der Waals surface area contributed by atoms with E-state index in [0.717, 1.165) is 47.6 Å². The number of halogens is 1. The minimum atomic E-state index is -5.04. The number of aryl methyl sites for hydroxylation is 1. The van der Waals surface area contributed by atoms with Crippen LogP contribution in [0.25, 0.3) is 10.8 Å². The first-order valence-corrected chi connectivity index (χ1v) is 19.6. The maximum atomic E-state index is 13.9. The number of aromatic nitrogens is 2. The van der Waals surface area contributed by atoms with Crippen molar-refractivity contribution in [2.24, 2.45) is 24.0 Å². The fourth-order valence-electron chi connectivity index (χ4n) is 5.67. The van der Waals surface area contributed by atoms with E-state index in [4.69, 9.17) is 30.5 Å². The third-order valence-electron chi connectivity index (χ3n) is 8.77. The smallest absolute Gasteiger partial charge is 0.418 e. The van der Waals surface area contributed by atoms with Crippen LogP contribution in [-0.2, 0) is 45.7 Å². The van der Waals surface area contributed by atoms with Gasteiger partial charge in [-0.15, -0.1) is 4.28 Å². The zero-order chi connectivity index (χ0) is 40.5. The molecular weight excluding hydrogens is 782 g/mol. The molecule has 0 aliphatic carbocycles. The molecule has 0 bridgehead atoms. The Balaban J connectivity index is 1.37. The first kappa shape index (κ1) is 41.7. The summed E-state index contributed by atoms with van der Waals surface area (Å²) >= 11 is 7.27. The third kappa shape index (κ3) is 10.2. The lowest BCUT2D eigenvalue weighted by Crippen LogP contribution is -2.68. The van der Waals surface area contributed by atoms with Crippen molar-refractivity contribution < 1.29 is 55.3 Å². The fraction of sp³-hybridized carbons (Fsp3) is 0.500. The number of carbonyl (C=O) groups excluding carboxylic acids is 4. The standard InChI is InChI=1S/C34H42ClN7O11S2/c1-18(43)25(17-50-21-8-9-22-20(12-21)10-11-41(7)29(22)37-16-19-14-36-15-19)52-40-26(27-28(35)54-31(38-27)39-32(46)51-33(2,3)4)24(44)13-23-30(45)42(34(23,5)6)53-55(47,48)49/h8-12,19,23,25,36H,13-17H2,1-7H3,(H2,38,39,46,47,48,49)/p+1/b40-26+/t23-,25+/m1/s1. The maximum Gasteiger partial charge on any atom is 0.418 e. The molecule has 3 aromatic rings. The largest absolute Gasteiger partial charge is 0.489 e. The molecular formula is C34H43ClN7O11S2+. The third-order valence-corrected chi connectivity index (χ3v) is 10.3. The number of ether oxygens (including phenoxy) is 2. The van der Waals surface area contributed by atoms with Gasteiger partial charge in [0.1, 0.15) is 28.0 Å². The molecule has 2 saturated heterocycles. The molecule has 2 fully saturated rings. The van der Waals surface area contributed by atoms with E-state index in [-0.39, 0.29) is 21.8 Å². The molecule has 21 heteroatoms. The van der Waals surface area contributed by atoms with Gasteiger partial charge in [0.2, 0.25) is 6.10 Å². The molecule has 2 aliphatic heterocycles. The van der Waals surface area contributed by atoms with Gasteiger partial charge < -0.3 is 19.6 Å². The quantitative estimate of drug-likeness (QED) is 0.0534. The van der Waals surface area contributed by atoms with Crippen LogP contribution in [0.2, 0.25) is 4.34 Å². The van der Waals surface area contributed by atoms with E-state index >= 15 is 0 Å². The summed E-state index contributed by atoms with van der Waals surface area (Å²) in [6, 6.07) is 7.42. The molecule has 0 saturated carbocycles. The Bertz CT molecular complexity index is 2130. The normalized spacial score (nSPS) is 17.9. The summed E-state index contributed by atoms with van der Waals surface area (Å²) in [6.45, 7) is 11.5. The van der Waals surface area contributed by atoms with Crippen molar-refractivity contribution in [3.05, 3.63) is 40.5 Å². The van der Waals surface area contributed by atoms with Gasteiger partial charge in [0.15, 0.2) is 22.4 Å². The summed E-state index contributed by atoms with van der Waals surface area (Å²) in [5, 5.41) is 15.5. The van der Waals surface area contributed by atoms with Crippen LogP contribution in [0.3, 0.4) is 0 Å². The predicted octanol–water partition coefficient (Wildman–Crippen LogP) is 3.44. The molecule has 1 aromatic carbocycles. The summed E-state index contributed by atoms with van der Waals surface area (Å²) in [5.41, 5.74) is -2.94. The molecule has 0 radical (unpaired) electrons. The Kier molecular flexibility index (Phi) is 12.4. The second kappa shape index (κ2) is 16.3. The molecule has 2 amide bonds. The van der Waals surface area contributed by atoms with Crippen molar-refractivity contribution in [2.45, 2.75) is 65.2 Å². The Labute approximate surface area is 326 Å². The van der Waals surface area contributed by atoms with E-state index in [9.17, 15) is 27.6 Å². The van der Waals surface area contributed by atoms with E-state index in [1.165, 1.54) is 20.8 Å². The van der Waals surface area contributed by atoms with Crippen LogP contribution in [0.4, 0.5) is 15.7 Å². The average Bonchev–Trinajstić information content (AvgIpc) is 3.41. The number of carbonyl (C=O) groups is 4. The van der Waals surface area contributed by atoms with Crippen molar-refractivity contribution in [1.29, 1.82) is 0 Å². The van der Waals surface area contributed by atoms with Gasteiger partial charge in [0.05, 0.1) is 36.6 Å². The van der Waals surface area contributed by atoms with Gasteiger partial charge in [-0.3, -0.25) is 29.6 Å². The summed E-state index contributed by atoms with van der Waals surface area (Å²) in [7, 11) is -3.09. The minimum Gasteiger partial charge on any atom is -0.489 e. The number of pyridine rings is 1. The highest BCUT2D eigenvalue weighted by Gasteiger charge is 2.57. The average molecular weight is 825 g/mol. The number of rotatable bonds is 16. The molecule has 4 N–H and O–H groups in total. The Morgan fingerprint density at radius 1 is 1.24 bits per heavy atom. The zero-order valence-corrected chi connectivity index (χ0v) is 33.6. The van der Waals surface area contributed by atoms with Crippen molar-refractivity contribution in [1.82, 2.24) is 15.4 Å². The van der Waals surface area contributed by atoms with Crippen molar-refractivity contribution in [2.75, 3.05) is 36.9 Å². The second-order valence-corrected chi connectivity index (χ2v) is 17.2. The van der Waals surface area contributed by atoms with E-state index < -0.39 is 69.3 Å². The van der Waals surface area contributed by atoms with Crippen molar-refractivity contribution in [3.8, 4) is 5.75 Å². The Hall–Kier alpha value is -4.47. The number of thiazole rings is 1. The first-order chi connectivity index (χ1) is 25.6. The fourth-order valence-corrected chi connectivity index (χ4v) is 7.16. The number of fused-ring (bicyclic) bond motifs is 1. The molecule has 0 spiro atoms. The lowest BCUT2D eigenvalue weighted by molar-refractivity contribution is -0.656. The number of oxime groups is 1. The van der Waals surface area contributed by atoms with Crippen LogP contribution in [0.1, 0.15) is 53.7 Å². The summed E-state index contributed by atoms with van der Waals surface area (Å²) in [4.78, 5) is 61.7. The number of nitrogens with zero attached hydrogens (tertiary/aromatic N) is 4. The topological polar surface area (TPSA) is 228 Å². The van der Waals surface area contributed by atoms with E-state index in [0.29, 0.717) is 16.7 Å². The van der Waals surface area contributed by atoms with Gasteiger partial charge >= 0.3 is 16.5 Å². The zero-order valence-electron chi connectivity index (χ0n) is 31.2. The molecule has 4 heterocycles. The first-order valence-electron chi connectivity index (χ1n) is 17.1. The summed E-state index contributed by atoms with van der Waals surface area (Å²) in [5.74, 6) is -1.45. The van der Waals surface area contributed by atoms with Crippen LogP contribution in [0, 0.1) is 11.8 Å². The molecule has 2 aliphatic rings. The highest BCUT2D eigenvalue weighted by molar-refractivity contribution is 7.80. The monoisotopic (exact) mass is 824 g/mol. The second-order valence-electron chi connectivity index (χ2n) is 14.6. The number of anilines is 2. The van der Waals surface area contributed by atoms with Gasteiger partial charge in [-0.25, -0.2) is 14.3 Å². The van der Waals surface area contributed by atoms with Gasteiger partial charge in [-0.05, 0) is 71.2 Å². The van der Waals surface area contributed by atoms with E-state index in [1.54, 1.807) is 26.8 Å². The van der Waals surface area contributed by atoms with Gasteiger partial charge in [0.25, 0.3) is 11.7 Å². The molecule has 18 nitrogen and oxygen atoms in total. The van der Waals surface area contributed by atoms with Crippen LogP contribution < -0.4 is 25.3 Å². The van der Waals surface area contributed by atoms with Gasteiger partial charge in [-0.2, -0.15) is 13.5 Å². The number of amides is 2. The molecule has 2 atom stereocenters. The van der Waals surface area contributed by atoms with Crippen molar-refractivity contribution in [3.63, 3.8) is 0 Å². The molecule has 298 valence electrons. The predicted molar refractivity (Wildman–Crippen MR) is 201 cm³/mol. The highest BCUT2D eigenvalue weighted by Crippen LogP contribution is 2.41.